The Balaban J connectivity index is 1.70. The third kappa shape index (κ3) is 6.35. The van der Waals surface area contributed by atoms with Gasteiger partial charge in [0.15, 0.2) is 28.8 Å². The number of methoxy groups -OCH3 is 5. The maximum Gasteiger partial charge on any atom is 0.203 e. The number of anilines is 1. The van der Waals surface area contributed by atoms with E-state index in [1.165, 1.54) is 13.2 Å². The number of carbonyl (C=O) groups is 1. The smallest absolute Gasteiger partial charge is 0.203 e. The predicted octanol–water partition coefficient (Wildman–Crippen LogP) is 5.71. The Labute approximate surface area is 205 Å². The third-order valence-electron chi connectivity index (χ3n) is 5.19. The molecule has 0 aliphatic rings. The summed E-state index contributed by atoms with van der Waals surface area (Å²) in [5.74, 6) is 2.65. The van der Waals surface area contributed by atoms with Crippen LogP contribution in [0.3, 0.4) is 0 Å². The van der Waals surface area contributed by atoms with Gasteiger partial charge in [-0.15, -0.1) is 0 Å². The lowest BCUT2D eigenvalue weighted by Gasteiger charge is -2.12. The lowest BCUT2D eigenvalue weighted by atomic mass is 10.1. The maximum atomic E-state index is 12.5. The Kier molecular flexibility index (Phi) is 8.78. The normalized spacial score (nSPS) is 10.9. The van der Waals surface area contributed by atoms with E-state index in [1.807, 2.05) is 48.6 Å². The van der Waals surface area contributed by atoms with Crippen molar-refractivity contribution in [3.63, 3.8) is 0 Å². The zero-order chi connectivity index (χ0) is 25.2. The van der Waals surface area contributed by atoms with E-state index in [4.69, 9.17) is 23.7 Å². The van der Waals surface area contributed by atoms with Crippen LogP contribution in [0.1, 0.15) is 21.5 Å². The van der Waals surface area contributed by atoms with Crippen LogP contribution in [0.5, 0.6) is 28.7 Å². The highest BCUT2D eigenvalue weighted by atomic mass is 16.5. The molecule has 0 aromatic heterocycles. The van der Waals surface area contributed by atoms with E-state index in [0.29, 0.717) is 34.3 Å². The second kappa shape index (κ2) is 12.2. The largest absolute Gasteiger partial charge is 0.493 e. The SMILES string of the molecule is COc1ccc(C(=O)/C=C\Nc2cccc(/C=C/c3cc(OC)c(OC)c(OC)c3)c2)cc1OC. The van der Waals surface area contributed by atoms with Crippen molar-refractivity contribution in [1.82, 2.24) is 0 Å². The van der Waals surface area contributed by atoms with Crippen LogP contribution >= 0.6 is 0 Å². The van der Waals surface area contributed by atoms with Crippen LogP contribution in [0.15, 0.2) is 66.9 Å². The first-order valence-corrected chi connectivity index (χ1v) is 10.8. The van der Waals surface area contributed by atoms with Crippen LogP contribution < -0.4 is 29.0 Å². The highest BCUT2D eigenvalue weighted by Gasteiger charge is 2.12. The maximum absolute atomic E-state index is 12.5. The zero-order valence-corrected chi connectivity index (χ0v) is 20.5. The molecule has 7 heteroatoms. The molecule has 0 heterocycles. The summed E-state index contributed by atoms with van der Waals surface area (Å²) < 4.78 is 26.7. The Hall–Kier alpha value is -4.39. The van der Waals surface area contributed by atoms with Crippen LogP contribution in [0, 0.1) is 0 Å². The minimum atomic E-state index is -0.156. The standard InChI is InChI=1S/C28H29NO6/c1-31-24-12-11-21(18-25(24)32-2)23(30)13-14-29-22-8-6-7-19(15-22)9-10-20-16-26(33-3)28(35-5)27(17-20)34-4/h6-18,29H,1-5H3/b10-9+,14-13-. The van der Waals surface area contributed by atoms with Gasteiger partial charge < -0.3 is 29.0 Å². The van der Waals surface area contributed by atoms with Gasteiger partial charge in [0, 0.05) is 23.5 Å². The summed E-state index contributed by atoms with van der Waals surface area (Å²) in [6, 6.07) is 16.6. The number of ether oxygens (including phenoxy) is 5. The van der Waals surface area contributed by atoms with Gasteiger partial charge >= 0.3 is 0 Å². The van der Waals surface area contributed by atoms with Crippen molar-refractivity contribution in [2.75, 3.05) is 40.9 Å². The van der Waals surface area contributed by atoms with Crippen LogP contribution in [0.25, 0.3) is 12.2 Å². The molecule has 3 aromatic rings. The minimum absolute atomic E-state index is 0.156. The third-order valence-corrected chi connectivity index (χ3v) is 5.19. The number of hydrogen-bond donors (Lipinski definition) is 1. The monoisotopic (exact) mass is 475 g/mol. The molecule has 0 spiro atoms. The van der Waals surface area contributed by atoms with Crippen LogP contribution in [-0.4, -0.2) is 41.3 Å². The average molecular weight is 476 g/mol. The molecule has 0 saturated carbocycles. The molecule has 0 aliphatic heterocycles. The van der Waals surface area contributed by atoms with Crippen molar-refractivity contribution in [3.8, 4) is 28.7 Å². The number of ketones is 1. The van der Waals surface area contributed by atoms with E-state index in [9.17, 15) is 4.79 Å². The van der Waals surface area contributed by atoms with Gasteiger partial charge in [-0.1, -0.05) is 24.3 Å². The molecular weight excluding hydrogens is 446 g/mol. The van der Waals surface area contributed by atoms with Gasteiger partial charge in [0.1, 0.15) is 0 Å². The number of hydrogen-bond acceptors (Lipinski definition) is 7. The van der Waals surface area contributed by atoms with E-state index >= 15 is 0 Å². The average Bonchev–Trinajstić information content (AvgIpc) is 2.90. The van der Waals surface area contributed by atoms with Gasteiger partial charge in [0.25, 0.3) is 0 Å². The van der Waals surface area contributed by atoms with E-state index in [-0.39, 0.29) is 5.78 Å². The molecule has 0 bridgehead atoms. The van der Waals surface area contributed by atoms with Gasteiger partial charge in [0.05, 0.1) is 35.5 Å². The number of rotatable bonds is 11. The highest BCUT2D eigenvalue weighted by Crippen LogP contribution is 2.38. The Morgan fingerprint density at radius 2 is 1.34 bits per heavy atom. The first-order valence-electron chi connectivity index (χ1n) is 10.8. The first kappa shape index (κ1) is 25.2. The molecule has 0 amide bonds. The van der Waals surface area contributed by atoms with Gasteiger partial charge in [-0.05, 0) is 53.6 Å². The number of carbonyl (C=O) groups excluding carboxylic acids is 1. The molecule has 7 nitrogen and oxygen atoms in total. The molecule has 3 aromatic carbocycles. The molecule has 3 rings (SSSR count). The molecule has 182 valence electrons. The zero-order valence-electron chi connectivity index (χ0n) is 20.5. The van der Waals surface area contributed by atoms with Gasteiger partial charge in [-0.2, -0.15) is 0 Å². The summed E-state index contributed by atoms with van der Waals surface area (Å²) in [6.45, 7) is 0. The summed E-state index contributed by atoms with van der Waals surface area (Å²) >= 11 is 0. The molecular formula is C28H29NO6. The van der Waals surface area contributed by atoms with Gasteiger partial charge in [-0.25, -0.2) is 0 Å². The first-order chi connectivity index (χ1) is 17.0. The van der Waals surface area contributed by atoms with Crippen molar-refractivity contribution in [2.45, 2.75) is 0 Å². The predicted molar refractivity (Wildman–Crippen MR) is 138 cm³/mol. The molecule has 0 aliphatic carbocycles. The molecule has 0 saturated heterocycles. The van der Waals surface area contributed by atoms with Gasteiger partial charge in [0.2, 0.25) is 5.75 Å². The van der Waals surface area contributed by atoms with Crippen molar-refractivity contribution >= 4 is 23.6 Å². The van der Waals surface area contributed by atoms with E-state index in [2.05, 4.69) is 5.32 Å². The molecule has 0 unspecified atom stereocenters. The molecule has 0 radical (unpaired) electrons. The Bertz CT molecular complexity index is 1210. The fourth-order valence-electron chi connectivity index (χ4n) is 3.42. The van der Waals surface area contributed by atoms with Crippen LogP contribution in [0.4, 0.5) is 5.69 Å². The second-order valence-electron chi connectivity index (χ2n) is 7.33. The van der Waals surface area contributed by atoms with E-state index < -0.39 is 0 Å². The van der Waals surface area contributed by atoms with E-state index in [1.54, 1.807) is 52.8 Å². The fraction of sp³-hybridized carbons (Fsp3) is 0.179. The van der Waals surface area contributed by atoms with E-state index in [0.717, 1.165) is 16.8 Å². The molecule has 35 heavy (non-hydrogen) atoms. The molecule has 0 atom stereocenters. The minimum Gasteiger partial charge on any atom is -0.493 e. The number of nitrogens with one attached hydrogen (secondary N) is 1. The Morgan fingerprint density at radius 1 is 0.686 bits per heavy atom. The highest BCUT2D eigenvalue weighted by molar-refractivity contribution is 6.05. The van der Waals surface area contributed by atoms with Crippen LogP contribution in [0.2, 0.25) is 0 Å². The molecule has 1 N–H and O–H groups in total. The topological polar surface area (TPSA) is 75.3 Å². The lowest BCUT2D eigenvalue weighted by molar-refractivity contribution is 0.104. The van der Waals surface area contributed by atoms with Crippen molar-refractivity contribution in [2.24, 2.45) is 0 Å². The van der Waals surface area contributed by atoms with Crippen molar-refractivity contribution in [3.05, 3.63) is 83.6 Å². The summed E-state index contributed by atoms with van der Waals surface area (Å²) in [7, 11) is 7.83. The number of benzene rings is 3. The van der Waals surface area contributed by atoms with Crippen LogP contribution in [-0.2, 0) is 0 Å². The lowest BCUT2D eigenvalue weighted by Crippen LogP contribution is -1.98. The quantitative estimate of drug-likeness (QED) is 0.216. The Morgan fingerprint density at radius 3 is 1.97 bits per heavy atom. The summed E-state index contributed by atoms with van der Waals surface area (Å²) in [5, 5.41) is 3.14. The fourth-order valence-corrected chi connectivity index (χ4v) is 3.42. The van der Waals surface area contributed by atoms with Crippen molar-refractivity contribution in [1.29, 1.82) is 0 Å². The number of allylic oxidation sites excluding steroid dienone is 1. The second-order valence-corrected chi connectivity index (χ2v) is 7.33. The summed E-state index contributed by atoms with van der Waals surface area (Å²) in [4.78, 5) is 12.5. The summed E-state index contributed by atoms with van der Waals surface area (Å²) in [6.07, 6.45) is 7.02. The summed E-state index contributed by atoms with van der Waals surface area (Å²) in [5.41, 5.74) is 3.22. The molecule has 0 fully saturated rings. The van der Waals surface area contributed by atoms with Gasteiger partial charge in [-0.3, -0.25) is 4.79 Å². The van der Waals surface area contributed by atoms with Crippen molar-refractivity contribution < 1.29 is 28.5 Å².